The van der Waals surface area contributed by atoms with Gasteiger partial charge in [0, 0.05) is 12.2 Å². The Labute approximate surface area is 128 Å². The van der Waals surface area contributed by atoms with Gasteiger partial charge in [0.1, 0.15) is 6.04 Å². The Morgan fingerprint density at radius 3 is 2.45 bits per heavy atom. The Bertz CT molecular complexity index is 700. The Morgan fingerprint density at radius 2 is 1.73 bits per heavy atom. The summed E-state index contributed by atoms with van der Waals surface area (Å²) in [5.41, 5.74) is 8.17. The lowest BCUT2D eigenvalue weighted by molar-refractivity contribution is -0.121. The molecule has 2 aromatic carbocycles. The minimum atomic E-state index is -0.835. The first-order valence-corrected chi connectivity index (χ1v) is 7.16. The summed E-state index contributed by atoms with van der Waals surface area (Å²) in [5.74, 6) is -0.407. The molecule has 0 aliphatic carbocycles. The highest BCUT2D eigenvalue weighted by molar-refractivity contribution is 5.98. The van der Waals surface area contributed by atoms with Gasteiger partial charge in [0.05, 0.1) is 0 Å². The average Bonchev–Trinajstić information content (AvgIpc) is 2.92. The molecule has 3 amide bonds. The number of benzene rings is 2. The zero-order chi connectivity index (χ0) is 15.5. The number of nitrogens with one attached hydrogen (secondary N) is 1. The molecule has 3 rings (SSSR count). The predicted molar refractivity (Wildman–Crippen MR) is 84.4 cm³/mol. The fourth-order valence-corrected chi connectivity index (χ4v) is 2.93. The Balaban J connectivity index is 2.00. The Morgan fingerprint density at radius 1 is 1.05 bits per heavy atom. The fourth-order valence-electron chi connectivity index (χ4n) is 2.93. The molecule has 0 fully saturated rings. The first-order valence-electron chi connectivity index (χ1n) is 7.16. The molecule has 0 unspecified atom stereocenters. The topological polar surface area (TPSA) is 75.4 Å². The van der Waals surface area contributed by atoms with Crippen LogP contribution in [-0.4, -0.2) is 18.5 Å². The molecule has 1 aliphatic heterocycles. The van der Waals surface area contributed by atoms with Gasteiger partial charge in [-0.3, -0.25) is 10.1 Å². The number of imide groups is 1. The number of nitrogens with two attached hydrogens (primary N) is 1. The van der Waals surface area contributed by atoms with Crippen molar-refractivity contribution < 1.29 is 9.59 Å². The standard InChI is InChI=1S/C17H17N3O2/c18-17(22)19-16(21)15(13-7-2-1-3-8-13)20-11-10-12-6-4-5-9-14(12)20/h1-9,15H,10-11H2,(H3,18,19,21,22)/t15-/m0/s1. The van der Waals surface area contributed by atoms with Crippen molar-refractivity contribution in [1.82, 2.24) is 5.32 Å². The van der Waals surface area contributed by atoms with Gasteiger partial charge in [-0.15, -0.1) is 0 Å². The van der Waals surface area contributed by atoms with Gasteiger partial charge in [0.15, 0.2) is 0 Å². The zero-order valence-corrected chi connectivity index (χ0v) is 12.0. The summed E-state index contributed by atoms with van der Waals surface area (Å²) in [4.78, 5) is 25.6. The van der Waals surface area contributed by atoms with E-state index in [-0.39, 0.29) is 0 Å². The molecule has 2 aromatic rings. The molecule has 1 aliphatic rings. The van der Waals surface area contributed by atoms with Gasteiger partial charge < -0.3 is 10.6 Å². The molecule has 1 heterocycles. The monoisotopic (exact) mass is 295 g/mol. The number of rotatable bonds is 3. The van der Waals surface area contributed by atoms with Crippen molar-refractivity contribution in [3.63, 3.8) is 0 Å². The number of carbonyl (C=O) groups excluding carboxylic acids is 2. The van der Waals surface area contributed by atoms with E-state index in [4.69, 9.17) is 5.73 Å². The molecule has 0 aromatic heterocycles. The number of nitrogens with zero attached hydrogens (tertiary/aromatic N) is 1. The molecule has 3 N–H and O–H groups in total. The van der Waals surface area contributed by atoms with Crippen LogP contribution in [0.5, 0.6) is 0 Å². The van der Waals surface area contributed by atoms with E-state index in [0.29, 0.717) is 0 Å². The summed E-state index contributed by atoms with van der Waals surface area (Å²) in [6.07, 6.45) is 0.878. The third-order valence-electron chi connectivity index (χ3n) is 3.84. The second-order valence-corrected chi connectivity index (χ2v) is 5.24. The van der Waals surface area contributed by atoms with Crippen LogP contribution < -0.4 is 16.0 Å². The molecule has 112 valence electrons. The van der Waals surface area contributed by atoms with E-state index in [1.165, 1.54) is 5.56 Å². The smallest absolute Gasteiger partial charge is 0.318 e. The summed E-state index contributed by atoms with van der Waals surface area (Å²) in [6.45, 7) is 0.727. The van der Waals surface area contributed by atoms with Crippen LogP contribution in [-0.2, 0) is 11.2 Å². The summed E-state index contributed by atoms with van der Waals surface area (Å²) >= 11 is 0. The van der Waals surface area contributed by atoms with Crippen LogP contribution in [0.2, 0.25) is 0 Å². The van der Waals surface area contributed by atoms with Gasteiger partial charge in [-0.2, -0.15) is 0 Å². The molecule has 5 heteroatoms. The number of carbonyl (C=O) groups is 2. The number of hydrogen-bond donors (Lipinski definition) is 2. The molecular weight excluding hydrogens is 278 g/mol. The third kappa shape index (κ3) is 2.65. The highest BCUT2D eigenvalue weighted by Crippen LogP contribution is 2.35. The van der Waals surface area contributed by atoms with E-state index >= 15 is 0 Å². The number of amides is 3. The quantitative estimate of drug-likeness (QED) is 0.909. The highest BCUT2D eigenvalue weighted by atomic mass is 16.2. The summed E-state index contributed by atoms with van der Waals surface area (Å²) in [5, 5.41) is 2.21. The van der Waals surface area contributed by atoms with E-state index in [1.807, 2.05) is 53.4 Å². The summed E-state index contributed by atoms with van der Waals surface area (Å²) in [6, 6.07) is 16.0. The van der Waals surface area contributed by atoms with Crippen molar-refractivity contribution >= 4 is 17.6 Å². The lowest BCUT2D eigenvalue weighted by Crippen LogP contribution is -2.44. The number of fused-ring (bicyclic) bond motifs is 1. The molecule has 22 heavy (non-hydrogen) atoms. The van der Waals surface area contributed by atoms with E-state index in [2.05, 4.69) is 11.4 Å². The maximum atomic E-state index is 12.5. The zero-order valence-electron chi connectivity index (χ0n) is 12.0. The van der Waals surface area contributed by atoms with E-state index in [0.717, 1.165) is 24.2 Å². The van der Waals surface area contributed by atoms with Gasteiger partial charge in [-0.25, -0.2) is 4.79 Å². The van der Waals surface area contributed by atoms with Gasteiger partial charge in [0.25, 0.3) is 5.91 Å². The largest absolute Gasteiger partial charge is 0.355 e. The van der Waals surface area contributed by atoms with Crippen LogP contribution >= 0.6 is 0 Å². The van der Waals surface area contributed by atoms with E-state index in [9.17, 15) is 9.59 Å². The normalized spacial score (nSPS) is 14.3. The minimum Gasteiger partial charge on any atom is -0.355 e. The lowest BCUT2D eigenvalue weighted by Gasteiger charge is -2.29. The third-order valence-corrected chi connectivity index (χ3v) is 3.84. The number of urea groups is 1. The van der Waals surface area contributed by atoms with Crippen molar-refractivity contribution in [3.05, 3.63) is 65.7 Å². The van der Waals surface area contributed by atoms with Crippen molar-refractivity contribution in [2.24, 2.45) is 5.73 Å². The van der Waals surface area contributed by atoms with Crippen LogP contribution in [0.25, 0.3) is 0 Å². The number of primary amides is 1. The van der Waals surface area contributed by atoms with Gasteiger partial charge in [-0.1, -0.05) is 48.5 Å². The average molecular weight is 295 g/mol. The minimum absolute atomic E-state index is 0.407. The number of hydrogen-bond acceptors (Lipinski definition) is 3. The van der Waals surface area contributed by atoms with Gasteiger partial charge in [0.2, 0.25) is 0 Å². The van der Waals surface area contributed by atoms with Crippen molar-refractivity contribution in [2.75, 3.05) is 11.4 Å². The van der Waals surface area contributed by atoms with Crippen molar-refractivity contribution in [1.29, 1.82) is 0 Å². The van der Waals surface area contributed by atoms with Crippen molar-refractivity contribution in [3.8, 4) is 0 Å². The second kappa shape index (κ2) is 5.89. The number of para-hydroxylation sites is 1. The SMILES string of the molecule is NC(=O)NC(=O)[C@H](c1ccccc1)N1CCc2ccccc21. The molecule has 0 radical (unpaired) electrons. The van der Waals surface area contributed by atoms with E-state index in [1.54, 1.807) is 0 Å². The van der Waals surface area contributed by atoms with Gasteiger partial charge >= 0.3 is 6.03 Å². The first-order chi connectivity index (χ1) is 10.7. The first kappa shape index (κ1) is 14.1. The molecule has 5 nitrogen and oxygen atoms in total. The molecular formula is C17H17N3O2. The lowest BCUT2D eigenvalue weighted by atomic mass is 10.0. The van der Waals surface area contributed by atoms with Crippen LogP contribution in [0.4, 0.5) is 10.5 Å². The maximum Gasteiger partial charge on any atom is 0.318 e. The van der Waals surface area contributed by atoms with Crippen LogP contribution in [0.3, 0.4) is 0 Å². The second-order valence-electron chi connectivity index (χ2n) is 5.24. The predicted octanol–water partition coefficient (Wildman–Crippen LogP) is 1.99. The number of anilines is 1. The summed E-state index contributed by atoms with van der Waals surface area (Å²) < 4.78 is 0. The Kier molecular flexibility index (Phi) is 3.78. The molecule has 0 spiro atoms. The Hall–Kier alpha value is -2.82. The van der Waals surface area contributed by atoms with E-state index < -0.39 is 18.0 Å². The fraction of sp³-hybridized carbons (Fsp3) is 0.176. The molecule has 0 saturated heterocycles. The summed E-state index contributed by atoms with van der Waals surface area (Å²) in [7, 11) is 0. The van der Waals surface area contributed by atoms with Crippen LogP contribution in [0.1, 0.15) is 17.2 Å². The molecule has 1 atom stereocenters. The van der Waals surface area contributed by atoms with Gasteiger partial charge in [-0.05, 0) is 23.6 Å². The van der Waals surface area contributed by atoms with Crippen LogP contribution in [0, 0.1) is 0 Å². The molecule has 0 bridgehead atoms. The highest BCUT2D eigenvalue weighted by Gasteiger charge is 2.32. The van der Waals surface area contributed by atoms with Crippen LogP contribution in [0.15, 0.2) is 54.6 Å². The maximum absolute atomic E-state index is 12.5. The van der Waals surface area contributed by atoms with Crippen molar-refractivity contribution in [2.45, 2.75) is 12.5 Å². The molecule has 0 saturated carbocycles.